The van der Waals surface area contributed by atoms with Gasteiger partial charge in [0.25, 0.3) is 0 Å². The third-order valence-corrected chi connectivity index (χ3v) is 2.83. The average Bonchev–Trinajstić information content (AvgIpc) is 2.41. The monoisotopic (exact) mass is 282 g/mol. The van der Waals surface area contributed by atoms with E-state index in [4.69, 9.17) is 10.5 Å². The Labute approximate surface area is 114 Å². The van der Waals surface area contributed by atoms with E-state index in [1.165, 1.54) is 19.2 Å². The fraction of sp³-hybridized carbons (Fsp3) is 0.143. The Bertz CT molecular complexity index is 659. The summed E-state index contributed by atoms with van der Waals surface area (Å²) in [5.74, 6) is -2.94. The minimum atomic E-state index is -1.19. The Morgan fingerprint density at radius 2 is 1.80 bits per heavy atom. The number of hydrogen-bond donors (Lipinski definition) is 2. The number of ether oxygens (including phenoxy) is 1. The topological polar surface area (TPSA) is 47.3 Å². The van der Waals surface area contributed by atoms with Crippen LogP contribution in [-0.2, 0) is 0 Å². The van der Waals surface area contributed by atoms with E-state index in [-0.39, 0.29) is 22.8 Å². The summed E-state index contributed by atoms with van der Waals surface area (Å²) < 4.78 is 45.8. The number of aryl methyl sites for hydroxylation is 1. The van der Waals surface area contributed by atoms with Crippen LogP contribution in [0.5, 0.6) is 5.75 Å². The number of anilines is 3. The molecular formula is C14H13F3N2O. The van der Waals surface area contributed by atoms with Crippen LogP contribution < -0.4 is 15.8 Å². The van der Waals surface area contributed by atoms with Crippen LogP contribution in [0.15, 0.2) is 24.3 Å². The largest absolute Gasteiger partial charge is 0.494 e. The highest BCUT2D eigenvalue weighted by atomic mass is 19.2. The molecule has 0 unspecified atom stereocenters. The molecule has 2 aromatic rings. The van der Waals surface area contributed by atoms with Gasteiger partial charge in [0, 0.05) is 6.07 Å². The Balaban J connectivity index is 2.50. The van der Waals surface area contributed by atoms with Crippen molar-refractivity contribution in [2.45, 2.75) is 6.92 Å². The van der Waals surface area contributed by atoms with Crippen LogP contribution in [0.2, 0.25) is 0 Å². The number of nitrogen functional groups attached to an aromatic ring is 1. The summed E-state index contributed by atoms with van der Waals surface area (Å²) >= 11 is 0. The molecule has 20 heavy (non-hydrogen) atoms. The average molecular weight is 282 g/mol. The van der Waals surface area contributed by atoms with Crippen LogP contribution >= 0.6 is 0 Å². The maximum atomic E-state index is 13.8. The van der Waals surface area contributed by atoms with E-state index in [0.29, 0.717) is 5.56 Å². The fourth-order valence-corrected chi connectivity index (χ4v) is 1.76. The van der Waals surface area contributed by atoms with E-state index in [2.05, 4.69) is 5.32 Å². The molecule has 0 fully saturated rings. The SMILES string of the molecule is COc1cc(F)c(F)c(Nc2ccc(C)cc2F)c1N. The van der Waals surface area contributed by atoms with Crippen molar-refractivity contribution < 1.29 is 17.9 Å². The minimum Gasteiger partial charge on any atom is -0.494 e. The van der Waals surface area contributed by atoms with Crippen LogP contribution in [-0.4, -0.2) is 7.11 Å². The van der Waals surface area contributed by atoms with Gasteiger partial charge in [0.15, 0.2) is 11.6 Å². The van der Waals surface area contributed by atoms with Crippen LogP contribution in [0.4, 0.5) is 30.2 Å². The molecule has 0 aliphatic rings. The number of methoxy groups -OCH3 is 1. The highest BCUT2D eigenvalue weighted by molar-refractivity contribution is 5.78. The molecular weight excluding hydrogens is 269 g/mol. The van der Waals surface area contributed by atoms with Gasteiger partial charge in [-0.25, -0.2) is 13.2 Å². The summed E-state index contributed by atoms with van der Waals surface area (Å²) in [4.78, 5) is 0. The smallest absolute Gasteiger partial charge is 0.184 e. The molecule has 0 heterocycles. The summed E-state index contributed by atoms with van der Waals surface area (Å²) in [5, 5.41) is 2.46. The lowest BCUT2D eigenvalue weighted by atomic mass is 10.2. The van der Waals surface area contributed by atoms with Crippen molar-refractivity contribution in [3.05, 3.63) is 47.3 Å². The van der Waals surface area contributed by atoms with Gasteiger partial charge in [-0.15, -0.1) is 0 Å². The van der Waals surface area contributed by atoms with Crippen molar-refractivity contribution in [3.8, 4) is 5.75 Å². The molecule has 6 heteroatoms. The Hall–Kier alpha value is -2.37. The predicted molar refractivity (Wildman–Crippen MR) is 71.7 cm³/mol. The van der Waals surface area contributed by atoms with Crippen LogP contribution in [0.3, 0.4) is 0 Å². The second kappa shape index (κ2) is 5.32. The standard InChI is InChI=1S/C14H13F3N2O/c1-7-3-4-10(8(15)5-7)19-14-12(17)9(16)6-11(20-2)13(14)18/h3-6,19H,18H2,1-2H3. The van der Waals surface area contributed by atoms with Gasteiger partial charge in [-0.3, -0.25) is 0 Å². The van der Waals surface area contributed by atoms with Gasteiger partial charge in [0.05, 0.1) is 12.8 Å². The van der Waals surface area contributed by atoms with Crippen LogP contribution in [0, 0.1) is 24.4 Å². The van der Waals surface area contributed by atoms with Gasteiger partial charge in [0.2, 0.25) is 0 Å². The molecule has 3 nitrogen and oxygen atoms in total. The number of hydrogen-bond acceptors (Lipinski definition) is 3. The second-order valence-corrected chi connectivity index (χ2v) is 4.27. The van der Waals surface area contributed by atoms with E-state index in [0.717, 1.165) is 6.07 Å². The molecule has 2 rings (SSSR count). The van der Waals surface area contributed by atoms with Gasteiger partial charge in [-0.1, -0.05) is 6.07 Å². The lowest BCUT2D eigenvalue weighted by Gasteiger charge is -2.14. The number of nitrogens with one attached hydrogen (secondary N) is 1. The maximum absolute atomic E-state index is 13.8. The zero-order chi connectivity index (χ0) is 14.9. The Kier molecular flexibility index (Phi) is 3.74. The first-order valence-corrected chi connectivity index (χ1v) is 5.78. The van der Waals surface area contributed by atoms with Gasteiger partial charge in [-0.05, 0) is 24.6 Å². The van der Waals surface area contributed by atoms with Gasteiger partial charge in [-0.2, -0.15) is 0 Å². The van der Waals surface area contributed by atoms with Crippen molar-refractivity contribution in [2.75, 3.05) is 18.2 Å². The molecule has 0 radical (unpaired) electrons. The third kappa shape index (κ3) is 2.49. The molecule has 0 aromatic heterocycles. The molecule has 0 aliphatic heterocycles. The molecule has 2 aromatic carbocycles. The highest BCUT2D eigenvalue weighted by Crippen LogP contribution is 2.36. The first kappa shape index (κ1) is 14.0. The lowest BCUT2D eigenvalue weighted by molar-refractivity contribution is 0.409. The zero-order valence-corrected chi connectivity index (χ0v) is 10.9. The van der Waals surface area contributed by atoms with E-state index in [1.807, 2.05) is 0 Å². The van der Waals surface area contributed by atoms with Gasteiger partial charge < -0.3 is 15.8 Å². The summed E-state index contributed by atoms with van der Waals surface area (Å²) in [6.45, 7) is 1.72. The fourth-order valence-electron chi connectivity index (χ4n) is 1.76. The van der Waals surface area contributed by atoms with Crippen molar-refractivity contribution in [1.29, 1.82) is 0 Å². The van der Waals surface area contributed by atoms with Gasteiger partial charge in [0.1, 0.15) is 22.9 Å². The lowest BCUT2D eigenvalue weighted by Crippen LogP contribution is -2.05. The normalized spacial score (nSPS) is 10.4. The van der Waals surface area contributed by atoms with Crippen molar-refractivity contribution in [3.63, 3.8) is 0 Å². The second-order valence-electron chi connectivity index (χ2n) is 4.27. The predicted octanol–water partition coefficient (Wildman–Crippen LogP) is 3.75. The zero-order valence-electron chi connectivity index (χ0n) is 10.9. The molecule has 0 saturated carbocycles. The summed E-state index contributed by atoms with van der Waals surface area (Å²) in [5.41, 5.74) is 5.89. The molecule has 106 valence electrons. The van der Waals surface area contributed by atoms with E-state index in [1.54, 1.807) is 13.0 Å². The highest BCUT2D eigenvalue weighted by Gasteiger charge is 2.18. The molecule has 0 atom stereocenters. The molecule has 3 N–H and O–H groups in total. The summed E-state index contributed by atoms with van der Waals surface area (Å²) in [7, 11) is 1.28. The first-order chi connectivity index (χ1) is 9.43. The summed E-state index contributed by atoms with van der Waals surface area (Å²) in [6, 6.07) is 5.16. The van der Waals surface area contributed by atoms with Crippen molar-refractivity contribution in [2.24, 2.45) is 0 Å². The van der Waals surface area contributed by atoms with Crippen molar-refractivity contribution >= 4 is 17.1 Å². The van der Waals surface area contributed by atoms with Crippen molar-refractivity contribution in [1.82, 2.24) is 0 Å². The van der Waals surface area contributed by atoms with Crippen LogP contribution in [0.25, 0.3) is 0 Å². The van der Waals surface area contributed by atoms with Crippen LogP contribution in [0.1, 0.15) is 5.56 Å². The number of rotatable bonds is 3. The molecule has 0 saturated heterocycles. The maximum Gasteiger partial charge on any atom is 0.184 e. The van der Waals surface area contributed by atoms with E-state index in [9.17, 15) is 13.2 Å². The Morgan fingerprint density at radius 1 is 1.10 bits per heavy atom. The number of nitrogens with two attached hydrogens (primary N) is 1. The first-order valence-electron chi connectivity index (χ1n) is 5.78. The molecule has 0 aliphatic carbocycles. The van der Waals surface area contributed by atoms with E-state index < -0.39 is 17.5 Å². The number of benzene rings is 2. The summed E-state index contributed by atoms with van der Waals surface area (Å²) in [6.07, 6.45) is 0. The molecule has 0 spiro atoms. The molecule has 0 bridgehead atoms. The quantitative estimate of drug-likeness (QED) is 0.843. The minimum absolute atomic E-state index is 0.00569. The molecule has 0 amide bonds. The number of halogens is 3. The Morgan fingerprint density at radius 3 is 2.40 bits per heavy atom. The van der Waals surface area contributed by atoms with E-state index >= 15 is 0 Å². The van der Waals surface area contributed by atoms with Gasteiger partial charge >= 0.3 is 0 Å². The third-order valence-electron chi connectivity index (χ3n) is 2.83.